The van der Waals surface area contributed by atoms with Crippen molar-refractivity contribution in [2.75, 3.05) is 0 Å². The van der Waals surface area contributed by atoms with Gasteiger partial charge in [0, 0.05) is 12.0 Å². The molecule has 0 heterocycles. The van der Waals surface area contributed by atoms with Crippen LogP contribution in [0.4, 0.5) is 13.2 Å². The number of hydrogen-bond donors (Lipinski definition) is 2. The SMILES string of the molecule is NC(=O)CC=Cc1ccc(C(F)(F)F)cc1O. The Bertz CT molecular complexity index is 453. The first-order valence-electron chi connectivity index (χ1n) is 4.66. The molecule has 1 aromatic rings. The molecule has 0 saturated carbocycles. The first-order chi connectivity index (χ1) is 7.80. The van der Waals surface area contributed by atoms with Crippen LogP contribution in [0.2, 0.25) is 0 Å². The van der Waals surface area contributed by atoms with Gasteiger partial charge in [0.15, 0.2) is 0 Å². The van der Waals surface area contributed by atoms with E-state index in [1.165, 1.54) is 12.2 Å². The number of benzene rings is 1. The molecule has 0 unspecified atom stereocenters. The van der Waals surface area contributed by atoms with Gasteiger partial charge in [-0.3, -0.25) is 4.79 Å². The Hall–Kier alpha value is -1.98. The van der Waals surface area contributed by atoms with E-state index in [9.17, 15) is 23.1 Å². The Morgan fingerprint density at radius 3 is 2.53 bits per heavy atom. The summed E-state index contributed by atoms with van der Waals surface area (Å²) in [6.45, 7) is 0. The quantitative estimate of drug-likeness (QED) is 0.858. The smallest absolute Gasteiger partial charge is 0.416 e. The van der Waals surface area contributed by atoms with E-state index in [0.717, 1.165) is 12.1 Å². The monoisotopic (exact) mass is 245 g/mol. The maximum absolute atomic E-state index is 12.3. The number of alkyl halides is 3. The molecule has 0 spiro atoms. The molecule has 0 aliphatic carbocycles. The molecule has 0 aliphatic heterocycles. The zero-order valence-electron chi connectivity index (χ0n) is 8.66. The number of phenolic OH excluding ortho intramolecular Hbond substituents is 1. The number of primary amides is 1. The van der Waals surface area contributed by atoms with Gasteiger partial charge in [0.05, 0.1) is 5.56 Å². The molecule has 0 aliphatic rings. The van der Waals surface area contributed by atoms with E-state index in [2.05, 4.69) is 0 Å². The van der Waals surface area contributed by atoms with Gasteiger partial charge in [0.25, 0.3) is 0 Å². The van der Waals surface area contributed by atoms with Crippen molar-refractivity contribution < 1.29 is 23.1 Å². The molecule has 17 heavy (non-hydrogen) atoms. The van der Waals surface area contributed by atoms with Crippen molar-refractivity contribution in [1.29, 1.82) is 0 Å². The van der Waals surface area contributed by atoms with Crippen LogP contribution in [0, 0.1) is 0 Å². The van der Waals surface area contributed by atoms with Crippen LogP contribution >= 0.6 is 0 Å². The van der Waals surface area contributed by atoms with Crippen molar-refractivity contribution in [2.45, 2.75) is 12.6 Å². The van der Waals surface area contributed by atoms with Crippen molar-refractivity contribution in [3.63, 3.8) is 0 Å². The Morgan fingerprint density at radius 2 is 2.06 bits per heavy atom. The number of phenols is 1. The van der Waals surface area contributed by atoms with Crippen LogP contribution in [0.5, 0.6) is 5.75 Å². The number of rotatable bonds is 3. The molecule has 0 aromatic heterocycles. The molecule has 1 aromatic carbocycles. The summed E-state index contributed by atoms with van der Waals surface area (Å²) in [4.78, 5) is 10.4. The number of aromatic hydroxyl groups is 1. The molecule has 0 radical (unpaired) electrons. The van der Waals surface area contributed by atoms with Gasteiger partial charge in [-0.1, -0.05) is 18.2 Å². The molecule has 1 rings (SSSR count). The van der Waals surface area contributed by atoms with Crippen molar-refractivity contribution in [3.05, 3.63) is 35.4 Å². The summed E-state index contributed by atoms with van der Waals surface area (Å²) in [6, 6.07) is 2.60. The van der Waals surface area contributed by atoms with E-state index in [0.29, 0.717) is 6.07 Å². The highest BCUT2D eigenvalue weighted by Crippen LogP contribution is 2.32. The number of halogens is 3. The summed E-state index contributed by atoms with van der Waals surface area (Å²) in [6.07, 6.45) is -1.84. The summed E-state index contributed by atoms with van der Waals surface area (Å²) in [5.41, 5.74) is 4.14. The van der Waals surface area contributed by atoms with Crippen LogP contribution in [-0.4, -0.2) is 11.0 Å². The zero-order chi connectivity index (χ0) is 13.1. The molecule has 1 amide bonds. The van der Waals surface area contributed by atoms with Crippen LogP contribution < -0.4 is 5.73 Å². The van der Waals surface area contributed by atoms with Gasteiger partial charge in [-0.2, -0.15) is 13.2 Å². The van der Waals surface area contributed by atoms with Gasteiger partial charge >= 0.3 is 6.18 Å². The van der Waals surface area contributed by atoms with Crippen LogP contribution in [0.15, 0.2) is 24.3 Å². The molecule has 3 N–H and O–H groups in total. The fourth-order valence-corrected chi connectivity index (χ4v) is 1.16. The van der Waals surface area contributed by atoms with E-state index in [4.69, 9.17) is 5.73 Å². The minimum Gasteiger partial charge on any atom is -0.507 e. The van der Waals surface area contributed by atoms with Crippen LogP contribution in [-0.2, 0) is 11.0 Å². The summed E-state index contributed by atoms with van der Waals surface area (Å²) in [7, 11) is 0. The fraction of sp³-hybridized carbons (Fsp3) is 0.182. The zero-order valence-corrected chi connectivity index (χ0v) is 8.66. The van der Waals surface area contributed by atoms with E-state index < -0.39 is 23.4 Å². The lowest BCUT2D eigenvalue weighted by molar-refractivity contribution is -0.137. The van der Waals surface area contributed by atoms with Gasteiger partial charge < -0.3 is 10.8 Å². The molecule has 92 valence electrons. The van der Waals surface area contributed by atoms with E-state index >= 15 is 0 Å². The minimum atomic E-state index is -4.49. The maximum atomic E-state index is 12.3. The molecular formula is C11H10F3NO2. The number of carbonyl (C=O) groups is 1. The lowest BCUT2D eigenvalue weighted by Crippen LogP contribution is -2.07. The second kappa shape index (κ2) is 4.90. The fourth-order valence-electron chi connectivity index (χ4n) is 1.16. The normalized spacial score (nSPS) is 11.9. The van der Waals surface area contributed by atoms with Crippen LogP contribution in [0.1, 0.15) is 17.5 Å². The van der Waals surface area contributed by atoms with Crippen molar-refractivity contribution in [1.82, 2.24) is 0 Å². The molecule has 0 atom stereocenters. The van der Waals surface area contributed by atoms with Crippen molar-refractivity contribution >= 4 is 12.0 Å². The van der Waals surface area contributed by atoms with Crippen molar-refractivity contribution in [3.8, 4) is 5.75 Å². The number of amides is 1. The first kappa shape index (κ1) is 13.1. The average Bonchev–Trinajstić information content (AvgIpc) is 2.18. The first-order valence-corrected chi connectivity index (χ1v) is 4.66. The number of carbonyl (C=O) groups excluding carboxylic acids is 1. The Labute approximate surface area is 95.4 Å². The standard InChI is InChI=1S/C11H10F3NO2/c12-11(13,14)8-5-4-7(9(16)6-8)2-1-3-10(15)17/h1-2,4-6,16H,3H2,(H2,15,17). The highest BCUT2D eigenvalue weighted by Gasteiger charge is 2.30. The average molecular weight is 245 g/mol. The number of hydrogen-bond acceptors (Lipinski definition) is 2. The summed E-state index contributed by atoms with van der Waals surface area (Å²) in [5, 5.41) is 9.35. The third-order valence-electron chi connectivity index (χ3n) is 1.97. The van der Waals surface area contributed by atoms with Gasteiger partial charge in [0.2, 0.25) is 5.91 Å². The summed E-state index contributed by atoms with van der Waals surface area (Å²) < 4.78 is 36.8. The highest BCUT2D eigenvalue weighted by molar-refractivity contribution is 5.76. The summed E-state index contributed by atoms with van der Waals surface area (Å²) >= 11 is 0. The largest absolute Gasteiger partial charge is 0.507 e. The third-order valence-corrected chi connectivity index (χ3v) is 1.97. The number of nitrogens with two attached hydrogens (primary N) is 1. The van der Waals surface area contributed by atoms with Crippen LogP contribution in [0.3, 0.4) is 0 Å². The van der Waals surface area contributed by atoms with Gasteiger partial charge in [0.1, 0.15) is 5.75 Å². The topological polar surface area (TPSA) is 63.3 Å². The Kier molecular flexibility index (Phi) is 3.77. The van der Waals surface area contributed by atoms with Crippen LogP contribution in [0.25, 0.3) is 6.08 Å². The molecule has 6 heteroatoms. The molecule has 0 bridgehead atoms. The predicted molar refractivity (Wildman–Crippen MR) is 56.0 cm³/mol. The highest BCUT2D eigenvalue weighted by atomic mass is 19.4. The summed E-state index contributed by atoms with van der Waals surface area (Å²) in [5.74, 6) is -1.06. The second-order valence-corrected chi connectivity index (χ2v) is 3.34. The third kappa shape index (κ3) is 3.82. The molecule has 0 saturated heterocycles. The van der Waals surface area contributed by atoms with Gasteiger partial charge in [-0.25, -0.2) is 0 Å². The Morgan fingerprint density at radius 1 is 1.41 bits per heavy atom. The lowest BCUT2D eigenvalue weighted by atomic mass is 10.1. The lowest BCUT2D eigenvalue weighted by Gasteiger charge is -2.07. The maximum Gasteiger partial charge on any atom is 0.416 e. The minimum absolute atomic E-state index is 0.0412. The van der Waals surface area contributed by atoms with Gasteiger partial charge in [-0.15, -0.1) is 0 Å². The Balaban J connectivity index is 2.91. The van der Waals surface area contributed by atoms with Gasteiger partial charge in [-0.05, 0) is 12.1 Å². The van der Waals surface area contributed by atoms with E-state index in [1.54, 1.807) is 0 Å². The molecule has 3 nitrogen and oxygen atoms in total. The predicted octanol–water partition coefficient (Wildman–Crippen LogP) is 2.30. The second-order valence-electron chi connectivity index (χ2n) is 3.34. The molecular weight excluding hydrogens is 235 g/mol. The van der Waals surface area contributed by atoms with Crippen molar-refractivity contribution in [2.24, 2.45) is 5.73 Å². The van der Waals surface area contributed by atoms with E-state index in [-0.39, 0.29) is 12.0 Å². The van der Waals surface area contributed by atoms with E-state index in [1.807, 2.05) is 0 Å². The molecule has 0 fully saturated rings.